The summed E-state index contributed by atoms with van der Waals surface area (Å²) in [6.07, 6.45) is 6.60. The lowest BCUT2D eigenvalue weighted by Gasteiger charge is -2.25. The minimum atomic E-state index is -3.77. The summed E-state index contributed by atoms with van der Waals surface area (Å²) < 4.78 is 122. The largest absolute Gasteiger partial charge is 0.507 e. The van der Waals surface area contributed by atoms with E-state index in [9.17, 15) is 54.7 Å². The second-order valence-electron chi connectivity index (χ2n) is 22.7. The van der Waals surface area contributed by atoms with Gasteiger partial charge in [-0.1, -0.05) is 36.4 Å². The van der Waals surface area contributed by atoms with Gasteiger partial charge in [0.2, 0.25) is 20.0 Å². The summed E-state index contributed by atoms with van der Waals surface area (Å²) in [4.78, 5) is 61.1. The first kappa shape index (κ1) is 70.2. The molecule has 2 amide bonds. The van der Waals surface area contributed by atoms with E-state index in [1.807, 2.05) is 24.3 Å². The number of carbonyl (C=O) groups excluding carboxylic acids is 5. The lowest BCUT2D eigenvalue weighted by atomic mass is 10.0. The van der Waals surface area contributed by atoms with E-state index in [0.717, 1.165) is 61.0 Å². The molecule has 2 aliphatic carbocycles. The minimum Gasteiger partial charge on any atom is -0.507 e. The molecule has 3 N–H and O–H groups in total. The highest BCUT2D eigenvalue weighted by Crippen LogP contribution is 2.50. The van der Waals surface area contributed by atoms with Crippen LogP contribution in [0.25, 0.3) is 50.3 Å². The highest BCUT2D eigenvalue weighted by atomic mass is 32.2. The van der Waals surface area contributed by atoms with E-state index in [4.69, 9.17) is 27.8 Å². The van der Waals surface area contributed by atoms with Gasteiger partial charge in [0, 0.05) is 65.3 Å². The second kappa shape index (κ2) is 31.4. The summed E-state index contributed by atoms with van der Waals surface area (Å²) in [5.74, 6) is -3.23. The molecule has 2 heterocycles. The zero-order chi connectivity index (χ0) is 68.1. The summed E-state index contributed by atoms with van der Waals surface area (Å²) in [5.41, 5.74) is 7.32. The van der Waals surface area contributed by atoms with Crippen LogP contribution in [0.3, 0.4) is 0 Å². The van der Waals surface area contributed by atoms with Crippen LogP contribution >= 0.6 is 0 Å². The Morgan fingerprint density at radius 2 is 0.989 bits per heavy atom. The summed E-state index contributed by atoms with van der Waals surface area (Å²) in [6.45, 7) is 4.78. The van der Waals surface area contributed by atoms with Crippen LogP contribution in [-0.4, -0.2) is 137 Å². The number of benzene rings is 6. The number of furan rings is 2. The van der Waals surface area contributed by atoms with Gasteiger partial charge in [0.25, 0.3) is 17.6 Å². The maximum Gasteiger partial charge on any atom is 0.379 e. The maximum atomic E-state index is 13.7. The molecule has 502 valence electrons. The van der Waals surface area contributed by atoms with Crippen LogP contribution < -0.4 is 19.2 Å². The van der Waals surface area contributed by atoms with Crippen LogP contribution in [0.4, 0.5) is 20.2 Å². The van der Waals surface area contributed by atoms with E-state index in [0.29, 0.717) is 79.9 Å². The van der Waals surface area contributed by atoms with E-state index < -0.39 is 43.4 Å². The number of nitrogens with one attached hydrogen (secondary N) is 2. The Bertz CT molecular complexity index is 4390. The van der Waals surface area contributed by atoms with Gasteiger partial charge in [-0.3, -0.25) is 27.8 Å². The molecule has 2 aromatic heterocycles. The van der Waals surface area contributed by atoms with Crippen molar-refractivity contribution in [1.29, 1.82) is 0 Å². The molecule has 0 atom stereocenters. The van der Waals surface area contributed by atoms with Crippen LogP contribution in [0.2, 0.25) is 0 Å². The van der Waals surface area contributed by atoms with Gasteiger partial charge in [0.1, 0.15) is 40.1 Å². The van der Waals surface area contributed by atoms with E-state index in [2.05, 4.69) is 15.4 Å². The number of sulfonamides is 2. The van der Waals surface area contributed by atoms with Crippen molar-refractivity contribution in [1.82, 2.24) is 10.6 Å². The first-order valence-electron chi connectivity index (χ1n) is 30.7. The molecular weight excluding hydrogens is 1270 g/mol. The highest BCUT2D eigenvalue weighted by molar-refractivity contribution is 7.92. The molecule has 0 radical (unpaired) electrons. The molecule has 21 nitrogen and oxygen atoms in total. The number of anilines is 2. The van der Waals surface area contributed by atoms with E-state index >= 15 is 0 Å². The third kappa shape index (κ3) is 18.0. The lowest BCUT2D eigenvalue weighted by Crippen LogP contribution is -2.34. The molecule has 25 heteroatoms. The number of fused-ring (bicyclic) bond motifs is 2. The molecule has 10 rings (SSSR count). The standard InChI is InChI=1S/C37H39FN2O10S.C33H35FN2O7S/c1-4-49-37(44)32(42)21-31(41)26-7-5-6-23(18-26)22-48-17-16-47-15-14-40(51(3,45)46)30-20-33-29(19-28(30)24-8-9-24)34(36(43)39-2)35(50-33)25-10-12-27(38)13-11-25;1-21(37)25-6-4-5-22(17-25)20-42-16-15-41-14-13-36(44(3,39)40)29-19-30-28(18-27(29)23-7-8-23)31(33(38)35-2)32(43-30)24-9-11-26(34)12-10-24/h5-7,10-13,18-21,24,41H,4,8-9,14-17,22H2,1-3H3,(H,39,43);4-6,9-12,17-19,23H,7-8,13-16,20H2,1-3H3,(H,35,38). The smallest absolute Gasteiger partial charge is 0.379 e. The van der Waals surface area contributed by atoms with Crippen LogP contribution in [-0.2, 0) is 66.5 Å². The van der Waals surface area contributed by atoms with Crippen molar-refractivity contribution in [3.63, 3.8) is 0 Å². The molecule has 2 saturated carbocycles. The van der Waals surface area contributed by atoms with Gasteiger partial charge in [0.15, 0.2) is 5.78 Å². The van der Waals surface area contributed by atoms with E-state index in [1.165, 1.54) is 78.2 Å². The Hall–Kier alpha value is -9.11. The number of Topliss-reactive ketones (excluding diaryl/α,β-unsaturated/α-hetero) is 1. The summed E-state index contributed by atoms with van der Waals surface area (Å²) in [5, 5.41) is 16.7. The first-order valence-corrected chi connectivity index (χ1v) is 34.4. The van der Waals surface area contributed by atoms with Gasteiger partial charge in [-0.25, -0.2) is 30.4 Å². The quantitative estimate of drug-likeness (QED) is 0.00909. The molecule has 2 fully saturated rings. The number of ether oxygens (including phenoxy) is 5. The number of hydrogen-bond donors (Lipinski definition) is 3. The molecule has 0 bridgehead atoms. The highest BCUT2D eigenvalue weighted by Gasteiger charge is 2.35. The maximum absolute atomic E-state index is 13.7. The zero-order valence-corrected chi connectivity index (χ0v) is 55.0. The van der Waals surface area contributed by atoms with Crippen molar-refractivity contribution in [2.75, 3.05) is 94.6 Å². The Balaban J connectivity index is 0.000000226. The van der Waals surface area contributed by atoms with Crippen LogP contribution in [0, 0.1) is 11.6 Å². The van der Waals surface area contributed by atoms with Gasteiger partial charge >= 0.3 is 5.97 Å². The van der Waals surface area contributed by atoms with Crippen LogP contribution in [0.15, 0.2) is 136 Å². The van der Waals surface area contributed by atoms with Crippen molar-refractivity contribution in [3.05, 3.63) is 184 Å². The predicted molar refractivity (Wildman–Crippen MR) is 354 cm³/mol. The van der Waals surface area contributed by atoms with E-state index in [-0.39, 0.29) is 112 Å². The van der Waals surface area contributed by atoms with Gasteiger partial charge in [-0.2, -0.15) is 0 Å². The van der Waals surface area contributed by atoms with E-state index in [1.54, 1.807) is 55.5 Å². The fraction of sp³-hybridized carbons (Fsp3) is 0.329. The molecule has 0 saturated heterocycles. The molecular formula is C70H74F2N4O17S2. The molecule has 95 heavy (non-hydrogen) atoms. The van der Waals surface area contributed by atoms with Crippen molar-refractivity contribution in [2.24, 2.45) is 0 Å². The number of aliphatic hydroxyl groups excluding tert-OH is 1. The van der Waals surface area contributed by atoms with Crippen LogP contribution in [0.5, 0.6) is 0 Å². The van der Waals surface area contributed by atoms with Gasteiger partial charge in [-0.05, 0) is 146 Å². The summed E-state index contributed by atoms with van der Waals surface area (Å²) >= 11 is 0. The number of aliphatic hydroxyl groups is 1. The fourth-order valence-electron chi connectivity index (χ4n) is 10.7. The molecule has 0 aliphatic heterocycles. The third-order valence-corrected chi connectivity index (χ3v) is 18.0. The second-order valence-corrected chi connectivity index (χ2v) is 26.5. The SMILES string of the molecule is CCOC(=O)C(=O)C=C(O)c1cccc(COCCOCCN(c2cc3oc(-c4ccc(F)cc4)c(C(=O)NC)c3cc2C2CC2)S(C)(=O)=O)c1.CNC(=O)c1c(-c2ccc(F)cc2)oc2cc(N(CCOCCOCc3cccc(C(C)=O)c3)S(C)(=O)=O)c(C3CC3)cc12. The molecule has 0 spiro atoms. The third-order valence-electron chi connectivity index (χ3n) is 15.6. The molecule has 0 unspecified atom stereocenters. The monoisotopic (exact) mass is 1340 g/mol. The topological polar surface area (TPSA) is 277 Å². The van der Waals surface area contributed by atoms with Crippen molar-refractivity contribution >= 4 is 88.5 Å². The van der Waals surface area contributed by atoms with Gasteiger partial charge < -0.3 is 48.3 Å². The number of halogens is 2. The Kier molecular flexibility index (Phi) is 23.2. The number of esters is 1. The number of rotatable bonds is 31. The van der Waals surface area contributed by atoms with Crippen molar-refractivity contribution < 1.29 is 87.2 Å². The summed E-state index contributed by atoms with van der Waals surface area (Å²) in [6, 6.07) is 32.1. The predicted octanol–water partition coefficient (Wildman–Crippen LogP) is 11.2. The van der Waals surface area contributed by atoms with Gasteiger partial charge in [0.05, 0.1) is 108 Å². The lowest BCUT2D eigenvalue weighted by molar-refractivity contribution is -0.151. The fourth-order valence-corrected chi connectivity index (χ4v) is 12.5. The molecule has 2 aliphatic rings. The number of amides is 2. The van der Waals surface area contributed by atoms with Crippen molar-refractivity contribution in [2.45, 2.75) is 64.6 Å². The molecule has 6 aromatic carbocycles. The molecule has 8 aromatic rings. The Morgan fingerprint density at radius 1 is 0.579 bits per heavy atom. The normalized spacial score (nSPS) is 13.3. The van der Waals surface area contributed by atoms with Gasteiger partial charge in [-0.15, -0.1) is 0 Å². The number of nitrogens with zero attached hydrogens (tertiary/aromatic N) is 2. The number of carbonyl (C=O) groups is 5. The minimum absolute atomic E-state index is 0.00999. The van der Waals surface area contributed by atoms with Crippen LogP contribution in [0.1, 0.15) is 110 Å². The first-order chi connectivity index (χ1) is 45.5. The van der Waals surface area contributed by atoms with Crippen molar-refractivity contribution in [3.8, 4) is 22.6 Å². The summed E-state index contributed by atoms with van der Waals surface area (Å²) in [7, 11) is -4.45. The Labute approximate surface area is 549 Å². The zero-order valence-electron chi connectivity index (χ0n) is 53.3. The Morgan fingerprint density at radius 3 is 1.38 bits per heavy atom. The number of hydrogen-bond acceptors (Lipinski definition) is 17. The average molecular weight is 1350 g/mol. The number of ketones is 2. The average Bonchev–Trinajstić information content (AvgIpc) is 1.62.